The Kier molecular flexibility index (Phi) is 9.86. The number of hydrogen-bond donors (Lipinski definition) is 4. The van der Waals surface area contributed by atoms with Gasteiger partial charge in [-0.15, -0.1) is 0 Å². The van der Waals surface area contributed by atoms with Crippen molar-refractivity contribution < 1.29 is 24.2 Å². The first-order valence-electron chi connectivity index (χ1n) is 12.9. The molecule has 3 amide bonds. The number of benzene rings is 3. The predicted molar refractivity (Wildman–Crippen MR) is 157 cm³/mol. The van der Waals surface area contributed by atoms with E-state index in [0.29, 0.717) is 12.1 Å². The van der Waals surface area contributed by atoms with Crippen LogP contribution in [-0.4, -0.2) is 51.4 Å². The first-order chi connectivity index (χ1) is 18.4. The van der Waals surface area contributed by atoms with E-state index in [9.17, 15) is 19.5 Å². The SMILES string of the molecule is CCC(C)N(C(=O)C(CS)NC(=O)OC(C)(C)C)C(C(=O)Nc1ccc2ccccc2c1)c1ccccc1O. The van der Waals surface area contributed by atoms with Crippen LogP contribution in [0, 0.1) is 0 Å². The van der Waals surface area contributed by atoms with Gasteiger partial charge in [-0.1, -0.05) is 55.5 Å². The molecule has 0 saturated carbocycles. The first kappa shape index (κ1) is 29.8. The Morgan fingerprint density at radius 1 is 1.00 bits per heavy atom. The fraction of sp³-hybridized carbons (Fsp3) is 0.367. The number of carbonyl (C=O) groups is 3. The van der Waals surface area contributed by atoms with E-state index in [0.717, 1.165) is 10.8 Å². The molecule has 3 aromatic rings. The molecule has 3 atom stereocenters. The van der Waals surface area contributed by atoms with Crippen molar-refractivity contribution >= 4 is 47.0 Å². The van der Waals surface area contributed by atoms with E-state index < -0.39 is 41.6 Å². The van der Waals surface area contributed by atoms with E-state index in [1.165, 1.54) is 11.0 Å². The lowest BCUT2D eigenvalue weighted by atomic mass is 9.99. The summed E-state index contributed by atoms with van der Waals surface area (Å²) < 4.78 is 5.34. The van der Waals surface area contributed by atoms with Gasteiger partial charge in [0.25, 0.3) is 5.91 Å². The number of anilines is 1. The molecule has 3 rings (SSSR count). The molecule has 0 saturated heterocycles. The Morgan fingerprint density at radius 3 is 2.26 bits per heavy atom. The maximum absolute atomic E-state index is 14.0. The van der Waals surface area contributed by atoms with Gasteiger partial charge < -0.3 is 25.4 Å². The average molecular weight is 552 g/mol. The number of nitrogens with zero attached hydrogens (tertiary/aromatic N) is 1. The molecule has 0 spiro atoms. The minimum Gasteiger partial charge on any atom is -0.508 e. The summed E-state index contributed by atoms with van der Waals surface area (Å²) in [6.07, 6.45) is -0.246. The van der Waals surface area contributed by atoms with Gasteiger partial charge in [0.1, 0.15) is 23.4 Å². The lowest BCUT2D eigenvalue weighted by Crippen LogP contribution is -2.55. The van der Waals surface area contributed by atoms with E-state index >= 15 is 0 Å². The molecule has 0 radical (unpaired) electrons. The van der Waals surface area contributed by atoms with Gasteiger partial charge in [0, 0.05) is 23.0 Å². The standard InChI is InChI=1S/C30H37N3O5S/c1-6-19(2)33(28(36)24(18-39)32-29(37)38-30(3,4)5)26(23-13-9-10-14-25(23)34)27(35)31-22-16-15-20-11-7-8-12-21(20)17-22/h7-17,19,24,26,34,39H,6,18H2,1-5H3,(H,31,35)(H,32,37). The van der Waals surface area contributed by atoms with E-state index in [-0.39, 0.29) is 17.1 Å². The fourth-order valence-electron chi connectivity index (χ4n) is 4.22. The van der Waals surface area contributed by atoms with E-state index in [4.69, 9.17) is 4.74 Å². The number of rotatable bonds is 9. The monoisotopic (exact) mass is 551 g/mol. The van der Waals surface area contributed by atoms with Crippen LogP contribution < -0.4 is 10.6 Å². The molecule has 0 fully saturated rings. The highest BCUT2D eigenvalue weighted by atomic mass is 32.1. The number of alkyl carbamates (subject to hydrolysis) is 1. The van der Waals surface area contributed by atoms with Crippen LogP contribution >= 0.6 is 12.6 Å². The number of hydrogen-bond acceptors (Lipinski definition) is 6. The molecule has 0 aliphatic rings. The van der Waals surface area contributed by atoms with Crippen LogP contribution in [0.25, 0.3) is 10.8 Å². The van der Waals surface area contributed by atoms with Crippen LogP contribution in [-0.2, 0) is 14.3 Å². The molecule has 3 aromatic carbocycles. The first-order valence-corrected chi connectivity index (χ1v) is 13.6. The minimum absolute atomic E-state index is 0.0230. The number of fused-ring (bicyclic) bond motifs is 1. The molecule has 0 heterocycles. The maximum atomic E-state index is 14.0. The van der Waals surface area contributed by atoms with Crippen LogP contribution in [0.4, 0.5) is 10.5 Å². The number of phenols is 1. The van der Waals surface area contributed by atoms with Crippen LogP contribution in [0.15, 0.2) is 66.7 Å². The summed E-state index contributed by atoms with van der Waals surface area (Å²) in [6, 6.07) is 17.1. The van der Waals surface area contributed by atoms with Crippen molar-refractivity contribution in [2.45, 2.75) is 64.8 Å². The van der Waals surface area contributed by atoms with E-state index in [1.54, 1.807) is 45.0 Å². The van der Waals surface area contributed by atoms with Crippen molar-refractivity contribution in [2.24, 2.45) is 0 Å². The summed E-state index contributed by atoms with van der Waals surface area (Å²) in [5.74, 6) is -1.17. The Balaban J connectivity index is 2.02. The summed E-state index contributed by atoms with van der Waals surface area (Å²) in [4.78, 5) is 41.8. The third-order valence-electron chi connectivity index (χ3n) is 6.27. The zero-order chi connectivity index (χ0) is 28.7. The fourth-order valence-corrected chi connectivity index (χ4v) is 4.47. The van der Waals surface area contributed by atoms with Crippen LogP contribution in [0.5, 0.6) is 5.75 Å². The minimum atomic E-state index is -1.19. The molecule has 8 nitrogen and oxygen atoms in total. The summed E-state index contributed by atoms with van der Waals surface area (Å²) in [6.45, 7) is 8.88. The van der Waals surface area contributed by atoms with Gasteiger partial charge in [-0.25, -0.2) is 4.79 Å². The van der Waals surface area contributed by atoms with Crippen molar-refractivity contribution in [3.05, 3.63) is 72.3 Å². The van der Waals surface area contributed by atoms with Crippen LogP contribution in [0.2, 0.25) is 0 Å². The molecule has 0 aromatic heterocycles. The number of aromatic hydroxyl groups is 1. The summed E-state index contributed by atoms with van der Waals surface area (Å²) >= 11 is 4.31. The normalized spacial score (nSPS) is 13.7. The van der Waals surface area contributed by atoms with E-state index in [1.807, 2.05) is 50.2 Å². The molecule has 0 aliphatic heterocycles. The van der Waals surface area contributed by atoms with Crippen molar-refractivity contribution in [1.82, 2.24) is 10.2 Å². The number of para-hydroxylation sites is 1. The number of carbonyl (C=O) groups excluding carboxylic acids is 3. The second-order valence-corrected chi connectivity index (χ2v) is 10.8. The third-order valence-corrected chi connectivity index (χ3v) is 6.63. The maximum Gasteiger partial charge on any atom is 0.408 e. The second kappa shape index (κ2) is 12.9. The molecule has 3 unspecified atom stereocenters. The largest absolute Gasteiger partial charge is 0.508 e. The van der Waals surface area contributed by atoms with Gasteiger partial charge in [0.2, 0.25) is 5.91 Å². The third kappa shape index (κ3) is 7.66. The van der Waals surface area contributed by atoms with Crippen molar-refractivity contribution in [2.75, 3.05) is 11.1 Å². The summed E-state index contributed by atoms with van der Waals surface area (Å²) in [5, 5.41) is 18.3. The van der Waals surface area contributed by atoms with Crippen molar-refractivity contribution in [3.8, 4) is 5.75 Å². The van der Waals surface area contributed by atoms with Gasteiger partial charge in [-0.05, 0) is 63.1 Å². The molecule has 39 heavy (non-hydrogen) atoms. The van der Waals surface area contributed by atoms with E-state index in [2.05, 4.69) is 23.3 Å². The number of amides is 3. The highest BCUT2D eigenvalue weighted by Crippen LogP contribution is 2.33. The van der Waals surface area contributed by atoms with Crippen molar-refractivity contribution in [1.29, 1.82) is 0 Å². The molecule has 3 N–H and O–H groups in total. The molecular weight excluding hydrogens is 514 g/mol. The Labute approximate surface area is 235 Å². The predicted octanol–water partition coefficient (Wildman–Crippen LogP) is 5.68. The van der Waals surface area contributed by atoms with Gasteiger partial charge in [0.05, 0.1) is 0 Å². The zero-order valence-corrected chi connectivity index (χ0v) is 23.9. The number of nitrogens with one attached hydrogen (secondary N) is 2. The Morgan fingerprint density at radius 2 is 1.64 bits per heavy atom. The summed E-state index contributed by atoms with van der Waals surface area (Å²) in [5.41, 5.74) is 0.0518. The number of thiol groups is 1. The molecular formula is C30H37N3O5S. The Hall–Kier alpha value is -3.72. The number of ether oxygens (including phenoxy) is 1. The topological polar surface area (TPSA) is 108 Å². The molecule has 0 aliphatic carbocycles. The second-order valence-electron chi connectivity index (χ2n) is 10.4. The van der Waals surface area contributed by atoms with Crippen molar-refractivity contribution in [3.63, 3.8) is 0 Å². The highest BCUT2D eigenvalue weighted by molar-refractivity contribution is 7.80. The summed E-state index contributed by atoms with van der Waals surface area (Å²) in [7, 11) is 0. The van der Waals surface area contributed by atoms with Crippen LogP contribution in [0.1, 0.15) is 52.6 Å². The van der Waals surface area contributed by atoms with Crippen LogP contribution in [0.3, 0.4) is 0 Å². The zero-order valence-electron chi connectivity index (χ0n) is 23.0. The van der Waals surface area contributed by atoms with Gasteiger partial charge in [0.15, 0.2) is 0 Å². The average Bonchev–Trinajstić information content (AvgIpc) is 2.89. The number of phenolic OH excluding ortho intramolecular Hbond substituents is 1. The Bertz CT molecular complexity index is 1320. The smallest absolute Gasteiger partial charge is 0.408 e. The quantitative estimate of drug-likeness (QED) is 0.256. The van der Waals surface area contributed by atoms with Gasteiger partial charge in [-0.3, -0.25) is 9.59 Å². The lowest BCUT2D eigenvalue weighted by Gasteiger charge is -2.38. The highest BCUT2D eigenvalue weighted by Gasteiger charge is 2.39. The molecule has 0 bridgehead atoms. The van der Waals surface area contributed by atoms with Gasteiger partial charge in [-0.2, -0.15) is 12.6 Å². The molecule has 9 heteroatoms. The molecule has 208 valence electrons. The van der Waals surface area contributed by atoms with Gasteiger partial charge >= 0.3 is 6.09 Å². The lowest BCUT2D eigenvalue weighted by molar-refractivity contribution is -0.143.